The number of nitriles is 1. The Bertz CT molecular complexity index is 2140. The minimum Gasteiger partial charge on any atom is -0.379 e. The summed E-state index contributed by atoms with van der Waals surface area (Å²) in [6.07, 6.45) is 3.64. The van der Waals surface area contributed by atoms with E-state index in [1.807, 2.05) is 80.7 Å². The number of thiazole rings is 1. The van der Waals surface area contributed by atoms with Crippen LogP contribution in [0.1, 0.15) is 16.7 Å². The van der Waals surface area contributed by atoms with Crippen molar-refractivity contribution >= 4 is 40.5 Å². The summed E-state index contributed by atoms with van der Waals surface area (Å²) in [6.45, 7) is 7.86. The normalized spacial score (nSPS) is 14.6. The Morgan fingerprint density at radius 2 is 1.79 bits per heavy atom. The molecular formula is C36H33ClN6O3S. The predicted octanol–water partition coefficient (Wildman–Crippen LogP) is 3.97. The lowest BCUT2D eigenvalue weighted by Crippen LogP contribution is -2.42. The van der Waals surface area contributed by atoms with Gasteiger partial charge in [0.1, 0.15) is 16.4 Å². The smallest absolute Gasteiger partial charge is 0.273 e. The molecule has 47 heavy (non-hydrogen) atoms. The minimum atomic E-state index is -0.523. The van der Waals surface area contributed by atoms with Crippen LogP contribution in [0.25, 0.3) is 34.3 Å². The molecule has 3 heterocycles. The molecule has 1 saturated heterocycles. The standard InChI is InChI=1S/C36H33ClN6O3S/c1-24-8-13-30(20-25(24)2)43-35(45)32(47-36(43)31(22-38)34(44)39-14-15-41-16-18-46-19-17-41)21-27-23-42(29-6-4-3-5-7-29)40-33(27)26-9-11-28(37)12-10-26/h3-13,20-21,23H,14-19H2,1-2H3,(H,39,44)/b32-21+,36-31-. The third kappa shape index (κ3) is 7.14. The first-order valence-corrected chi connectivity index (χ1v) is 16.5. The van der Waals surface area contributed by atoms with E-state index in [-0.39, 0.29) is 15.8 Å². The number of nitrogens with zero attached hydrogens (tertiary/aromatic N) is 5. The van der Waals surface area contributed by atoms with Crippen molar-refractivity contribution in [3.05, 3.63) is 120 Å². The molecule has 0 unspecified atom stereocenters. The number of nitrogens with one attached hydrogen (secondary N) is 1. The number of hydrogen-bond acceptors (Lipinski definition) is 7. The lowest BCUT2D eigenvalue weighted by atomic mass is 10.1. The molecule has 6 rings (SSSR count). The molecule has 0 saturated carbocycles. The van der Waals surface area contributed by atoms with Crippen LogP contribution in [0.3, 0.4) is 0 Å². The van der Waals surface area contributed by atoms with E-state index in [1.165, 1.54) is 4.57 Å². The van der Waals surface area contributed by atoms with Crippen molar-refractivity contribution in [1.29, 1.82) is 5.26 Å². The van der Waals surface area contributed by atoms with Crippen LogP contribution in [0.5, 0.6) is 0 Å². The number of amides is 1. The van der Waals surface area contributed by atoms with Gasteiger partial charge in [-0.2, -0.15) is 10.4 Å². The number of morpholine rings is 1. The third-order valence-corrected chi connectivity index (χ3v) is 9.45. The van der Waals surface area contributed by atoms with Crippen LogP contribution in [0, 0.1) is 25.2 Å². The maximum Gasteiger partial charge on any atom is 0.273 e. The van der Waals surface area contributed by atoms with Crippen LogP contribution in [0.2, 0.25) is 5.02 Å². The molecule has 0 bridgehead atoms. The molecule has 1 fully saturated rings. The Morgan fingerprint density at radius 3 is 2.49 bits per heavy atom. The molecule has 5 aromatic rings. The summed E-state index contributed by atoms with van der Waals surface area (Å²) in [5, 5.41) is 18.6. The number of ether oxygens (including phenoxy) is 1. The van der Waals surface area contributed by atoms with Crippen LogP contribution in [0.15, 0.2) is 83.8 Å². The van der Waals surface area contributed by atoms with Crippen LogP contribution < -0.4 is 20.1 Å². The summed E-state index contributed by atoms with van der Waals surface area (Å²) < 4.78 is 9.26. The second-order valence-corrected chi connectivity index (χ2v) is 12.7. The molecular weight excluding hydrogens is 632 g/mol. The average molecular weight is 665 g/mol. The Kier molecular flexibility index (Phi) is 9.80. The van der Waals surface area contributed by atoms with Crippen LogP contribution >= 0.6 is 22.9 Å². The fourth-order valence-corrected chi connectivity index (χ4v) is 6.58. The van der Waals surface area contributed by atoms with Crippen molar-refractivity contribution in [3.8, 4) is 28.7 Å². The third-order valence-electron chi connectivity index (χ3n) is 8.11. The van der Waals surface area contributed by atoms with E-state index >= 15 is 0 Å². The lowest BCUT2D eigenvalue weighted by molar-refractivity contribution is -0.115. The van der Waals surface area contributed by atoms with Gasteiger partial charge < -0.3 is 10.1 Å². The van der Waals surface area contributed by atoms with E-state index in [4.69, 9.17) is 21.4 Å². The SMILES string of the molecule is Cc1ccc(-n2c(=O)/c(=C\c3cn(-c4ccccc4)nc3-c3ccc(Cl)cc3)s/c2=C(/C#N)C(=O)NCCN2CCOCC2)cc1C. The zero-order chi connectivity index (χ0) is 32.9. The number of para-hydroxylation sites is 1. The Labute approximate surface area is 281 Å². The van der Waals surface area contributed by atoms with Gasteiger partial charge >= 0.3 is 0 Å². The molecule has 0 aliphatic carbocycles. The highest BCUT2D eigenvalue weighted by atomic mass is 35.5. The molecule has 0 radical (unpaired) electrons. The molecule has 1 aliphatic heterocycles. The fourth-order valence-electron chi connectivity index (χ4n) is 5.36. The first kappa shape index (κ1) is 32.2. The van der Waals surface area contributed by atoms with Crippen molar-refractivity contribution in [2.24, 2.45) is 0 Å². The molecule has 0 spiro atoms. The van der Waals surface area contributed by atoms with Crippen molar-refractivity contribution in [3.63, 3.8) is 0 Å². The summed E-state index contributed by atoms with van der Waals surface area (Å²) >= 11 is 7.29. The monoisotopic (exact) mass is 664 g/mol. The Morgan fingerprint density at radius 1 is 1.04 bits per heavy atom. The van der Waals surface area contributed by atoms with Gasteiger partial charge in [-0.25, -0.2) is 4.68 Å². The zero-order valence-electron chi connectivity index (χ0n) is 26.1. The summed E-state index contributed by atoms with van der Waals surface area (Å²) in [5.74, 6) is -0.523. The summed E-state index contributed by atoms with van der Waals surface area (Å²) in [7, 11) is 0. The van der Waals surface area contributed by atoms with Gasteiger partial charge in [-0.3, -0.25) is 19.1 Å². The van der Waals surface area contributed by atoms with Crippen molar-refractivity contribution < 1.29 is 9.53 Å². The number of rotatable bonds is 8. The number of aryl methyl sites for hydroxylation is 2. The van der Waals surface area contributed by atoms with Gasteiger partial charge in [0.2, 0.25) is 0 Å². The number of hydrogen-bond donors (Lipinski definition) is 1. The molecule has 2 aromatic heterocycles. The lowest BCUT2D eigenvalue weighted by Gasteiger charge is -2.26. The van der Waals surface area contributed by atoms with E-state index in [0.29, 0.717) is 52.8 Å². The number of benzene rings is 3. The summed E-state index contributed by atoms with van der Waals surface area (Å²) in [6, 6.07) is 24.8. The number of carbonyl (C=O) groups is 1. The Balaban J connectivity index is 1.50. The maximum absolute atomic E-state index is 14.2. The topological polar surface area (TPSA) is 105 Å². The maximum atomic E-state index is 14.2. The molecule has 3 aromatic carbocycles. The highest BCUT2D eigenvalue weighted by Crippen LogP contribution is 2.26. The van der Waals surface area contributed by atoms with Gasteiger partial charge in [0.15, 0.2) is 5.57 Å². The molecule has 11 heteroatoms. The van der Waals surface area contributed by atoms with E-state index in [1.54, 1.807) is 22.9 Å². The minimum absolute atomic E-state index is 0.120. The Hall–Kier alpha value is -4.79. The van der Waals surface area contributed by atoms with Gasteiger partial charge in [0.05, 0.1) is 29.1 Å². The highest BCUT2D eigenvalue weighted by Gasteiger charge is 2.19. The molecule has 1 amide bonds. The molecule has 1 aliphatic rings. The van der Waals surface area contributed by atoms with Gasteiger partial charge in [-0.15, -0.1) is 11.3 Å². The van der Waals surface area contributed by atoms with Crippen molar-refractivity contribution in [2.45, 2.75) is 13.8 Å². The van der Waals surface area contributed by atoms with Crippen molar-refractivity contribution in [1.82, 2.24) is 24.6 Å². The van der Waals surface area contributed by atoms with Gasteiger partial charge in [-0.05, 0) is 67.4 Å². The summed E-state index contributed by atoms with van der Waals surface area (Å²) in [4.78, 5) is 29.9. The molecule has 238 valence electrons. The van der Waals surface area contributed by atoms with Crippen LogP contribution in [-0.2, 0) is 9.53 Å². The second-order valence-electron chi connectivity index (χ2n) is 11.2. The first-order chi connectivity index (χ1) is 22.8. The van der Waals surface area contributed by atoms with E-state index in [2.05, 4.69) is 16.3 Å². The predicted molar refractivity (Wildman–Crippen MR) is 186 cm³/mol. The number of carbonyl (C=O) groups excluding carboxylic acids is 1. The molecule has 9 nitrogen and oxygen atoms in total. The summed E-state index contributed by atoms with van der Waals surface area (Å²) in [5.41, 5.74) is 5.21. The first-order valence-electron chi connectivity index (χ1n) is 15.3. The second kappa shape index (κ2) is 14.3. The quantitative estimate of drug-likeness (QED) is 0.269. The van der Waals surface area contributed by atoms with Crippen LogP contribution in [-0.4, -0.2) is 64.5 Å². The fraction of sp³-hybridized carbons (Fsp3) is 0.222. The van der Waals surface area contributed by atoms with Gasteiger partial charge in [-0.1, -0.05) is 48.0 Å². The average Bonchev–Trinajstić information content (AvgIpc) is 3.65. The zero-order valence-corrected chi connectivity index (χ0v) is 27.6. The molecule has 1 N–H and O–H groups in total. The van der Waals surface area contributed by atoms with E-state index < -0.39 is 5.91 Å². The van der Waals surface area contributed by atoms with Crippen molar-refractivity contribution in [2.75, 3.05) is 39.4 Å². The van der Waals surface area contributed by atoms with Crippen LogP contribution in [0.4, 0.5) is 0 Å². The number of aromatic nitrogens is 3. The van der Waals surface area contributed by atoms with Gasteiger partial charge in [0.25, 0.3) is 11.5 Å². The highest BCUT2D eigenvalue weighted by molar-refractivity contribution is 7.07. The van der Waals surface area contributed by atoms with Gasteiger partial charge in [0, 0.05) is 48.5 Å². The molecule has 0 atom stereocenters. The largest absolute Gasteiger partial charge is 0.379 e. The number of halogens is 1. The van der Waals surface area contributed by atoms with E-state index in [0.717, 1.165) is 46.8 Å². The van der Waals surface area contributed by atoms with E-state index in [9.17, 15) is 14.9 Å².